The molecular formula is C14H21NO3S. The van der Waals surface area contributed by atoms with Gasteiger partial charge < -0.3 is 5.73 Å². The molecule has 1 aromatic rings. The van der Waals surface area contributed by atoms with Crippen molar-refractivity contribution in [3.05, 3.63) is 35.9 Å². The van der Waals surface area contributed by atoms with E-state index in [1.807, 2.05) is 30.3 Å². The Morgan fingerprint density at radius 3 is 2.47 bits per heavy atom. The van der Waals surface area contributed by atoms with Gasteiger partial charge in [-0.3, -0.25) is 4.79 Å². The van der Waals surface area contributed by atoms with E-state index in [1.165, 1.54) is 0 Å². The number of benzene rings is 1. The zero-order chi connectivity index (χ0) is 14.3. The molecule has 0 saturated heterocycles. The number of hydrogen-bond acceptors (Lipinski definition) is 4. The molecule has 5 heteroatoms. The third kappa shape index (κ3) is 5.98. The van der Waals surface area contributed by atoms with Gasteiger partial charge in [0, 0.05) is 24.6 Å². The van der Waals surface area contributed by atoms with Crippen LogP contribution in [-0.2, 0) is 14.6 Å². The minimum atomic E-state index is -2.98. The lowest BCUT2D eigenvalue weighted by Crippen LogP contribution is -2.16. The first kappa shape index (κ1) is 15.9. The van der Waals surface area contributed by atoms with Crippen LogP contribution in [0.1, 0.15) is 37.8 Å². The Morgan fingerprint density at radius 2 is 1.89 bits per heavy atom. The molecule has 0 aliphatic rings. The van der Waals surface area contributed by atoms with E-state index in [4.69, 9.17) is 5.73 Å². The van der Waals surface area contributed by atoms with Gasteiger partial charge in [-0.15, -0.1) is 0 Å². The highest BCUT2D eigenvalue weighted by atomic mass is 32.2. The molecule has 0 spiro atoms. The number of rotatable bonds is 8. The van der Waals surface area contributed by atoms with Gasteiger partial charge in [-0.25, -0.2) is 8.42 Å². The molecule has 19 heavy (non-hydrogen) atoms. The van der Waals surface area contributed by atoms with E-state index < -0.39 is 9.84 Å². The summed E-state index contributed by atoms with van der Waals surface area (Å²) in [7, 11) is -2.98. The number of nitrogens with two attached hydrogens (primary N) is 1. The molecule has 1 unspecified atom stereocenters. The molecule has 0 heterocycles. The van der Waals surface area contributed by atoms with Gasteiger partial charge in [-0.2, -0.15) is 0 Å². The van der Waals surface area contributed by atoms with Crippen molar-refractivity contribution in [1.29, 1.82) is 0 Å². The van der Waals surface area contributed by atoms with Crippen molar-refractivity contribution in [2.45, 2.75) is 32.2 Å². The summed E-state index contributed by atoms with van der Waals surface area (Å²) >= 11 is 0. The molecule has 0 aliphatic heterocycles. The Bertz CT molecular complexity index is 497. The second-order valence-electron chi connectivity index (χ2n) is 4.60. The Balaban J connectivity index is 2.36. The van der Waals surface area contributed by atoms with Crippen molar-refractivity contribution >= 4 is 15.6 Å². The van der Waals surface area contributed by atoms with Crippen molar-refractivity contribution in [1.82, 2.24) is 0 Å². The topological polar surface area (TPSA) is 77.2 Å². The van der Waals surface area contributed by atoms with Crippen molar-refractivity contribution in [2.75, 3.05) is 11.5 Å². The smallest absolute Gasteiger partial charge is 0.150 e. The molecule has 0 amide bonds. The SMILES string of the molecule is CCS(=O)(=O)CCCC(=O)CC(N)c1ccccc1. The van der Waals surface area contributed by atoms with E-state index in [-0.39, 0.29) is 36.2 Å². The first-order valence-corrected chi connectivity index (χ1v) is 8.29. The second kappa shape index (κ2) is 7.40. The highest BCUT2D eigenvalue weighted by molar-refractivity contribution is 7.91. The first-order chi connectivity index (χ1) is 8.94. The van der Waals surface area contributed by atoms with Crippen LogP contribution in [0.3, 0.4) is 0 Å². The summed E-state index contributed by atoms with van der Waals surface area (Å²) in [4.78, 5) is 11.7. The van der Waals surface area contributed by atoms with Crippen LogP contribution >= 0.6 is 0 Å². The van der Waals surface area contributed by atoms with Crippen LogP contribution < -0.4 is 5.73 Å². The highest BCUT2D eigenvalue weighted by Crippen LogP contribution is 2.15. The Labute approximate surface area is 114 Å². The Morgan fingerprint density at radius 1 is 1.26 bits per heavy atom. The largest absolute Gasteiger partial charge is 0.324 e. The van der Waals surface area contributed by atoms with Gasteiger partial charge >= 0.3 is 0 Å². The molecule has 0 aromatic heterocycles. The molecule has 106 valence electrons. The number of hydrogen-bond donors (Lipinski definition) is 1. The van der Waals surface area contributed by atoms with E-state index in [1.54, 1.807) is 6.92 Å². The molecule has 1 rings (SSSR count). The predicted octanol–water partition coefficient (Wildman–Crippen LogP) is 1.86. The van der Waals surface area contributed by atoms with E-state index in [0.29, 0.717) is 6.42 Å². The Kier molecular flexibility index (Phi) is 6.18. The third-order valence-corrected chi connectivity index (χ3v) is 4.82. The lowest BCUT2D eigenvalue weighted by molar-refractivity contribution is -0.119. The van der Waals surface area contributed by atoms with Crippen LogP contribution in [0.2, 0.25) is 0 Å². The summed E-state index contributed by atoms with van der Waals surface area (Å²) in [5.74, 6) is 0.225. The molecule has 0 radical (unpaired) electrons. The zero-order valence-electron chi connectivity index (χ0n) is 11.2. The highest BCUT2D eigenvalue weighted by Gasteiger charge is 2.13. The van der Waals surface area contributed by atoms with Crippen LogP contribution in [-0.4, -0.2) is 25.7 Å². The van der Waals surface area contributed by atoms with E-state index in [0.717, 1.165) is 5.56 Å². The average molecular weight is 283 g/mol. The van der Waals surface area contributed by atoms with Crippen molar-refractivity contribution in [3.8, 4) is 0 Å². The molecular weight excluding hydrogens is 262 g/mol. The van der Waals surface area contributed by atoms with Crippen LogP contribution in [0.5, 0.6) is 0 Å². The second-order valence-corrected chi connectivity index (χ2v) is 7.07. The molecule has 4 nitrogen and oxygen atoms in total. The van der Waals surface area contributed by atoms with Crippen molar-refractivity contribution < 1.29 is 13.2 Å². The number of sulfone groups is 1. The molecule has 1 aromatic carbocycles. The summed E-state index contributed by atoms with van der Waals surface area (Å²) in [5, 5.41) is 0. The number of ketones is 1. The maximum Gasteiger partial charge on any atom is 0.150 e. The molecule has 0 aliphatic carbocycles. The molecule has 0 fully saturated rings. The standard InChI is InChI=1S/C14H21NO3S/c1-2-19(17,18)10-6-9-13(16)11-14(15)12-7-4-3-5-8-12/h3-5,7-8,14H,2,6,9-11,15H2,1H3. The fraction of sp³-hybridized carbons (Fsp3) is 0.500. The summed E-state index contributed by atoms with van der Waals surface area (Å²) in [5.41, 5.74) is 6.87. The third-order valence-electron chi connectivity index (χ3n) is 3.03. The van der Waals surface area contributed by atoms with Crippen LogP contribution in [0.15, 0.2) is 30.3 Å². The predicted molar refractivity (Wildman–Crippen MR) is 76.6 cm³/mol. The maximum atomic E-state index is 11.7. The summed E-state index contributed by atoms with van der Waals surface area (Å²) < 4.78 is 22.6. The molecule has 2 N–H and O–H groups in total. The maximum absolute atomic E-state index is 11.7. The minimum absolute atomic E-state index is 0.0163. The van der Waals surface area contributed by atoms with E-state index in [2.05, 4.69) is 0 Å². The van der Waals surface area contributed by atoms with Crippen LogP contribution in [0.4, 0.5) is 0 Å². The van der Waals surface area contributed by atoms with E-state index >= 15 is 0 Å². The zero-order valence-corrected chi connectivity index (χ0v) is 12.0. The minimum Gasteiger partial charge on any atom is -0.324 e. The lowest BCUT2D eigenvalue weighted by atomic mass is 10.0. The quantitative estimate of drug-likeness (QED) is 0.790. The van der Waals surface area contributed by atoms with Gasteiger partial charge in [0.15, 0.2) is 0 Å². The van der Waals surface area contributed by atoms with Crippen molar-refractivity contribution in [2.24, 2.45) is 5.73 Å². The van der Waals surface area contributed by atoms with Gasteiger partial charge in [-0.05, 0) is 12.0 Å². The summed E-state index contributed by atoms with van der Waals surface area (Å²) in [6.07, 6.45) is 0.923. The van der Waals surface area contributed by atoms with Crippen LogP contribution in [0.25, 0.3) is 0 Å². The van der Waals surface area contributed by atoms with Crippen LogP contribution in [0, 0.1) is 0 Å². The van der Waals surface area contributed by atoms with Crippen molar-refractivity contribution in [3.63, 3.8) is 0 Å². The van der Waals surface area contributed by atoms with Gasteiger partial charge in [-0.1, -0.05) is 37.3 Å². The normalized spacial score (nSPS) is 13.2. The molecule has 0 saturated carbocycles. The molecule has 0 bridgehead atoms. The first-order valence-electron chi connectivity index (χ1n) is 6.47. The van der Waals surface area contributed by atoms with Gasteiger partial charge in [0.25, 0.3) is 0 Å². The van der Waals surface area contributed by atoms with Gasteiger partial charge in [0.2, 0.25) is 0 Å². The molecule has 1 atom stereocenters. The average Bonchev–Trinajstić information content (AvgIpc) is 2.39. The van der Waals surface area contributed by atoms with Gasteiger partial charge in [0.1, 0.15) is 15.6 Å². The fourth-order valence-electron chi connectivity index (χ4n) is 1.80. The fourth-order valence-corrected chi connectivity index (χ4v) is 2.67. The Hall–Kier alpha value is -1.20. The summed E-state index contributed by atoms with van der Waals surface area (Å²) in [6, 6.07) is 9.13. The number of Topliss-reactive ketones (excluding diaryl/α,β-unsaturated/α-hetero) is 1. The summed E-state index contributed by atoms with van der Waals surface area (Å²) in [6.45, 7) is 1.61. The number of carbonyl (C=O) groups is 1. The lowest BCUT2D eigenvalue weighted by Gasteiger charge is -2.10. The van der Waals surface area contributed by atoms with Gasteiger partial charge in [0.05, 0.1) is 5.75 Å². The van der Waals surface area contributed by atoms with E-state index in [9.17, 15) is 13.2 Å². The monoisotopic (exact) mass is 283 g/mol. The number of carbonyl (C=O) groups excluding carboxylic acids is 1.